The molecule has 2 rings (SSSR count). The van der Waals surface area contributed by atoms with E-state index in [0.29, 0.717) is 17.5 Å². The fraction of sp³-hybridized carbons (Fsp3) is 0.562. The van der Waals surface area contributed by atoms with E-state index in [0.717, 1.165) is 25.9 Å². The van der Waals surface area contributed by atoms with Crippen LogP contribution in [0.25, 0.3) is 0 Å². The fourth-order valence-corrected chi connectivity index (χ4v) is 1.65. The van der Waals surface area contributed by atoms with Gasteiger partial charge in [-0.1, -0.05) is 17.7 Å². The van der Waals surface area contributed by atoms with Crippen LogP contribution >= 0.6 is 11.6 Å². The number of phenols is 1. The van der Waals surface area contributed by atoms with Gasteiger partial charge in [-0.2, -0.15) is 0 Å². The molecule has 6 heteroatoms. The Morgan fingerprint density at radius 1 is 1.36 bits per heavy atom. The van der Waals surface area contributed by atoms with Crippen molar-refractivity contribution in [3.63, 3.8) is 0 Å². The minimum Gasteiger partial charge on any atom is -0.508 e. The highest BCUT2D eigenvalue weighted by Gasteiger charge is 2.07. The zero-order valence-electron chi connectivity index (χ0n) is 13.5. The Kier molecular flexibility index (Phi) is 10.6. The highest BCUT2D eigenvalue weighted by atomic mass is 35.5. The molecule has 0 aliphatic carbocycles. The highest BCUT2D eigenvalue weighted by Crippen LogP contribution is 2.14. The number of benzene rings is 1. The van der Waals surface area contributed by atoms with Gasteiger partial charge in [0.2, 0.25) is 0 Å². The third kappa shape index (κ3) is 13.7. The minimum absolute atomic E-state index is 0.206. The molecule has 1 aliphatic rings. The van der Waals surface area contributed by atoms with Crippen LogP contribution in [0.1, 0.15) is 33.6 Å². The Balaban J connectivity index is 0.000000302. The zero-order chi connectivity index (χ0) is 17.0. The summed E-state index contributed by atoms with van der Waals surface area (Å²) in [6.07, 6.45) is 2.31. The summed E-state index contributed by atoms with van der Waals surface area (Å²) < 4.78 is 4.55. The minimum atomic E-state index is -0.318. The number of rotatable bonds is 1. The van der Waals surface area contributed by atoms with E-state index in [1.807, 2.05) is 20.8 Å². The Morgan fingerprint density at radius 3 is 2.18 bits per heavy atom. The maximum atomic E-state index is 9.60. The van der Waals surface area contributed by atoms with Crippen LogP contribution in [0.3, 0.4) is 0 Å². The van der Waals surface area contributed by atoms with Crippen molar-refractivity contribution in [1.82, 2.24) is 5.32 Å². The third-order valence-corrected chi connectivity index (χ3v) is 2.83. The van der Waals surface area contributed by atoms with E-state index in [-0.39, 0.29) is 11.4 Å². The van der Waals surface area contributed by atoms with E-state index in [4.69, 9.17) is 22.4 Å². The van der Waals surface area contributed by atoms with Crippen molar-refractivity contribution in [2.24, 2.45) is 5.73 Å². The first-order valence-corrected chi connectivity index (χ1v) is 7.64. The summed E-state index contributed by atoms with van der Waals surface area (Å²) in [7, 11) is 0. The topological polar surface area (TPSA) is 84.6 Å². The van der Waals surface area contributed by atoms with Crippen molar-refractivity contribution in [3.8, 4) is 5.75 Å². The number of nitrogens with two attached hydrogens (primary N) is 1. The molecule has 22 heavy (non-hydrogen) atoms. The molecule has 0 bridgehead atoms. The molecular weight excluding hydrogens is 304 g/mol. The van der Waals surface area contributed by atoms with E-state index in [2.05, 4.69) is 10.1 Å². The van der Waals surface area contributed by atoms with Crippen molar-refractivity contribution < 1.29 is 14.6 Å². The number of ether oxygens (including phenoxy) is 1. The molecule has 1 fully saturated rings. The highest BCUT2D eigenvalue weighted by molar-refractivity contribution is 6.30. The first kappa shape index (κ1) is 20.7. The lowest BCUT2D eigenvalue weighted by Gasteiger charge is -2.17. The zero-order valence-corrected chi connectivity index (χ0v) is 14.3. The molecular formula is C16H27ClN2O3. The van der Waals surface area contributed by atoms with Gasteiger partial charge in [-0.25, -0.2) is 0 Å². The molecule has 126 valence electrons. The number of hydrogen-bond donors (Lipinski definition) is 3. The van der Waals surface area contributed by atoms with Crippen molar-refractivity contribution >= 4 is 18.1 Å². The summed E-state index contributed by atoms with van der Waals surface area (Å²) in [6, 6.07) is 6.94. The van der Waals surface area contributed by atoms with Gasteiger partial charge in [-0.05, 0) is 64.9 Å². The molecule has 5 nitrogen and oxygen atoms in total. The van der Waals surface area contributed by atoms with Gasteiger partial charge < -0.3 is 20.9 Å². The average Bonchev–Trinajstić information content (AvgIpc) is 2.39. The van der Waals surface area contributed by atoms with Crippen LogP contribution < -0.4 is 11.1 Å². The van der Waals surface area contributed by atoms with E-state index in [9.17, 15) is 4.79 Å². The summed E-state index contributed by atoms with van der Waals surface area (Å²) in [6.45, 7) is 8.15. The summed E-state index contributed by atoms with van der Waals surface area (Å²) >= 11 is 5.48. The lowest BCUT2D eigenvalue weighted by Crippen LogP contribution is -2.35. The molecule has 0 amide bonds. The van der Waals surface area contributed by atoms with Crippen LogP contribution in [-0.2, 0) is 9.53 Å². The number of halogens is 1. The Bertz CT molecular complexity index is 399. The second kappa shape index (κ2) is 11.3. The largest absolute Gasteiger partial charge is 0.508 e. The molecule has 0 aromatic heterocycles. The molecule has 1 heterocycles. The van der Waals surface area contributed by atoms with Crippen molar-refractivity contribution in [1.29, 1.82) is 0 Å². The van der Waals surface area contributed by atoms with Crippen LogP contribution in [0.2, 0.25) is 5.02 Å². The average molecular weight is 331 g/mol. The molecule has 0 unspecified atom stereocenters. The number of carbonyl (C=O) groups is 1. The smallest absolute Gasteiger partial charge is 0.293 e. The standard InChI is InChI=1S/C6H5ClO.C5H12N2.C5H10O2/c7-5-2-1-3-6(8)4-5;6-5-1-3-7-4-2-5;1-5(2,3)7-4-6/h1-4,8H;5,7H,1-4,6H2;4H,1-3H3. The van der Waals surface area contributed by atoms with Crippen molar-refractivity contribution in [3.05, 3.63) is 29.3 Å². The summed E-state index contributed by atoms with van der Waals surface area (Å²) in [5, 5.41) is 12.5. The van der Waals surface area contributed by atoms with E-state index in [1.54, 1.807) is 18.2 Å². The van der Waals surface area contributed by atoms with Gasteiger partial charge >= 0.3 is 0 Å². The van der Waals surface area contributed by atoms with E-state index in [1.165, 1.54) is 6.07 Å². The van der Waals surface area contributed by atoms with E-state index < -0.39 is 0 Å². The second-order valence-electron chi connectivity index (χ2n) is 5.89. The third-order valence-electron chi connectivity index (χ3n) is 2.59. The molecule has 1 aromatic carbocycles. The van der Waals surface area contributed by atoms with Crippen LogP contribution in [0, 0.1) is 0 Å². The molecule has 1 aromatic rings. The quantitative estimate of drug-likeness (QED) is 0.689. The molecule has 0 saturated carbocycles. The summed E-state index contributed by atoms with van der Waals surface area (Å²) in [4.78, 5) is 9.60. The number of hydrogen-bond acceptors (Lipinski definition) is 5. The number of aromatic hydroxyl groups is 1. The van der Waals surface area contributed by atoms with Gasteiger partial charge in [-0.15, -0.1) is 0 Å². The number of carbonyl (C=O) groups excluding carboxylic acids is 1. The predicted molar refractivity (Wildman–Crippen MR) is 90.1 cm³/mol. The fourth-order valence-electron chi connectivity index (χ4n) is 1.46. The lowest BCUT2D eigenvalue weighted by molar-refractivity contribution is -0.138. The summed E-state index contributed by atoms with van der Waals surface area (Å²) in [5.74, 6) is 0.206. The maximum Gasteiger partial charge on any atom is 0.293 e. The van der Waals surface area contributed by atoms with Crippen LogP contribution in [0.5, 0.6) is 5.75 Å². The summed E-state index contributed by atoms with van der Waals surface area (Å²) in [5.41, 5.74) is 5.28. The molecule has 0 radical (unpaired) electrons. The Hall–Kier alpha value is -1.30. The molecule has 4 N–H and O–H groups in total. The molecule has 1 saturated heterocycles. The van der Waals surface area contributed by atoms with Gasteiger partial charge in [0.1, 0.15) is 11.4 Å². The maximum absolute atomic E-state index is 9.60. The van der Waals surface area contributed by atoms with Gasteiger partial charge in [0.25, 0.3) is 6.47 Å². The van der Waals surface area contributed by atoms with Gasteiger partial charge in [0.05, 0.1) is 0 Å². The molecule has 0 spiro atoms. The van der Waals surface area contributed by atoms with Crippen molar-refractivity contribution in [2.45, 2.75) is 45.3 Å². The number of piperidine rings is 1. The Morgan fingerprint density at radius 2 is 1.95 bits per heavy atom. The van der Waals surface area contributed by atoms with Gasteiger partial charge in [-0.3, -0.25) is 4.79 Å². The van der Waals surface area contributed by atoms with Crippen LogP contribution in [0.15, 0.2) is 24.3 Å². The second-order valence-corrected chi connectivity index (χ2v) is 6.33. The SMILES string of the molecule is CC(C)(C)OC=O.NC1CCNCC1.Oc1cccc(Cl)c1. The first-order valence-electron chi connectivity index (χ1n) is 7.27. The predicted octanol–water partition coefficient (Wildman–Crippen LogP) is 2.70. The van der Waals surface area contributed by atoms with Gasteiger partial charge in [0, 0.05) is 11.1 Å². The van der Waals surface area contributed by atoms with Crippen LogP contribution in [0.4, 0.5) is 0 Å². The van der Waals surface area contributed by atoms with Crippen molar-refractivity contribution in [2.75, 3.05) is 13.1 Å². The van der Waals surface area contributed by atoms with Crippen LogP contribution in [-0.4, -0.2) is 36.3 Å². The lowest BCUT2D eigenvalue weighted by atomic mass is 10.1. The molecule has 1 aliphatic heterocycles. The monoisotopic (exact) mass is 330 g/mol. The molecule has 0 atom stereocenters. The first-order chi connectivity index (χ1) is 10.2. The Labute approximate surface area is 137 Å². The number of phenolic OH excluding ortho intramolecular Hbond substituents is 1. The number of nitrogens with one attached hydrogen (secondary N) is 1. The van der Waals surface area contributed by atoms with Gasteiger partial charge in [0.15, 0.2) is 0 Å². The van der Waals surface area contributed by atoms with E-state index >= 15 is 0 Å². The normalized spacial score (nSPS) is 14.8.